The van der Waals surface area contributed by atoms with E-state index >= 15 is 0 Å². The van der Waals surface area contributed by atoms with Gasteiger partial charge in [0.1, 0.15) is 5.82 Å². The minimum absolute atomic E-state index is 0.0519. The lowest BCUT2D eigenvalue weighted by Crippen LogP contribution is -2.29. The van der Waals surface area contributed by atoms with Gasteiger partial charge in [0.25, 0.3) is 0 Å². The summed E-state index contributed by atoms with van der Waals surface area (Å²) in [7, 11) is -2.83. The number of H-pyrrole nitrogens is 1. The van der Waals surface area contributed by atoms with Gasteiger partial charge in [0.05, 0.1) is 29.1 Å². The number of nitrogens with one attached hydrogen (secondary N) is 2. The molecule has 1 fully saturated rings. The fourth-order valence-corrected chi connectivity index (χ4v) is 4.51. The number of hydrogen-bond acceptors (Lipinski definition) is 4. The molecule has 20 heavy (non-hydrogen) atoms. The van der Waals surface area contributed by atoms with Crippen LogP contribution in [0.2, 0.25) is 0 Å². The molecule has 2 heterocycles. The fraction of sp³-hybridized carbons (Fsp3) is 0.500. The molecule has 0 radical (unpaired) electrons. The summed E-state index contributed by atoms with van der Waals surface area (Å²) in [4.78, 5) is 7.88. The molecule has 1 saturated heterocycles. The van der Waals surface area contributed by atoms with Crippen LogP contribution in [-0.2, 0) is 16.4 Å². The predicted molar refractivity (Wildman–Crippen MR) is 79.5 cm³/mol. The Labute approximate surface area is 118 Å². The van der Waals surface area contributed by atoms with E-state index in [-0.39, 0.29) is 11.8 Å². The number of aromatic nitrogens is 2. The maximum absolute atomic E-state index is 11.4. The highest BCUT2D eigenvalue weighted by molar-refractivity contribution is 7.91. The third-order valence-electron chi connectivity index (χ3n) is 3.76. The zero-order valence-electron chi connectivity index (χ0n) is 11.7. The van der Waals surface area contributed by atoms with E-state index in [4.69, 9.17) is 0 Å². The number of nitrogens with zero attached hydrogens (tertiary/aromatic N) is 1. The molecule has 0 bridgehead atoms. The minimum atomic E-state index is -2.83. The third kappa shape index (κ3) is 2.71. The fourth-order valence-electron chi connectivity index (χ4n) is 2.80. The molecule has 5 nitrogen and oxygen atoms in total. The number of fused-ring (bicyclic) bond motifs is 1. The smallest absolute Gasteiger partial charge is 0.151 e. The van der Waals surface area contributed by atoms with Gasteiger partial charge >= 0.3 is 0 Å². The molecule has 1 atom stereocenters. The highest BCUT2D eigenvalue weighted by atomic mass is 32.2. The Morgan fingerprint density at radius 3 is 2.90 bits per heavy atom. The Morgan fingerprint density at radius 2 is 2.20 bits per heavy atom. The molecule has 2 N–H and O–H groups in total. The number of hydrogen-bond donors (Lipinski definition) is 2. The minimum Gasteiger partial charge on any atom is -0.341 e. The molecule has 2 aromatic rings. The summed E-state index contributed by atoms with van der Waals surface area (Å²) < 4.78 is 22.8. The molecule has 0 amide bonds. The SMILES string of the molecule is Cc1cc(C)c2nc(CNC3CCS(=O)(=O)C3)[nH]c2c1. The zero-order valence-corrected chi connectivity index (χ0v) is 12.5. The van der Waals surface area contributed by atoms with E-state index in [0.717, 1.165) is 22.4 Å². The molecule has 108 valence electrons. The van der Waals surface area contributed by atoms with E-state index in [1.807, 2.05) is 0 Å². The maximum Gasteiger partial charge on any atom is 0.151 e. The monoisotopic (exact) mass is 293 g/mol. The molecule has 1 aromatic carbocycles. The second-order valence-corrected chi connectivity index (χ2v) is 7.87. The Kier molecular flexibility index (Phi) is 3.30. The van der Waals surface area contributed by atoms with Crippen molar-refractivity contribution in [2.75, 3.05) is 11.5 Å². The Morgan fingerprint density at radius 1 is 1.40 bits per heavy atom. The van der Waals surface area contributed by atoms with E-state index in [1.54, 1.807) is 0 Å². The summed E-state index contributed by atoms with van der Waals surface area (Å²) >= 11 is 0. The van der Waals surface area contributed by atoms with Gasteiger partial charge in [-0.2, -0.15) is 0 Å². The summed E-state index contributed by atoms with van der Waals surface area (Å²) in [6.07, 6.45) is 0.695. The molecule has 0 spiro atoms. The van der Waals surface area contributed by atoms with Crippen molar-refractivity contribution in [2.24, 2.45) is 0 Å². The van der Waals surface area contributed by atoms with Gasteiger partial charge in [0.15, 0.2) is 9.84 Å². The lowest BCUT2D eigenvalue weighted by Gasteiger charge is -2.08. The average molecular weight is 293 g/mol. The van der Waals surface area contributed by atoms with Gasteiger partial charge in [0.2, 0.25) is 0 Å². The van der Waals surface area contributed by atoms with E-state index in [0.29, 0.717) is 18.7 Å². The Balaban J connectivity index is 1.74. The van der Waals surface area contributed by atoms with Crippen molar-refractivity contribution in [3.8, 4) is 0 Å². The summed E-state index contributed by atoms with van der Waals surface area (Å²) in [6.45, 7) is 4.69. The normalized spacial score (nSPS) is 21.6. The first-order valence-corrected chi connectivity index (χ1v) is 8.65. The van der Waals surface area contributed by atoms with Crippen molar-refractivity contribution in [1.29, 1.82) is 0 Å². The van der Waals surface area contributed by atoms with Crippen molar-refractivity contribution in [3.05, 3.63) is 29.1 Å². The lowest BCUT2D eigenvalue weighted by molar-refractivity contribution is 0.544. The van der Waals surface area contributed by atoms with Crippen LogP contribution >= 0.6 is 0 Å². The van der Waals surface area contributed by atoms with Crippen molar-refractivity contribution in [2.45, 2.75) is 32.9 Å². The number of imidazole rings is 1. The predicted octanol–water partition coefficient (Wildman–Crippen LogP) is 1.46. The number of benzene rings is 1. The Hall–Kier alpha value is -1.40. The van der Waals surface area contributed by atoms with Gasteiger partial charge in [-0.05, 0) is 37.5 Å². The van der Waals surface area contributed by atoms with Crippen molar-refractivity contribution >= 4 is 20.9 Å². The molecule has 1 aromatic heterocycles. The summed E-state index contributed by atoms with van der Waals surface area (Å²) in [5.74, 6) is 1.40. The Bertz CT molecular complexity index is 749. The van der Waals surface area contributed by atoms with Crippen LogP contribution in [-0.4, -0.2) is 35.9 Å². The first kappa shape index (κ1) is 13.6. The van der Waals surface area contributed by atoms with Gasteiger partial charge in [-0.25, -0.2) is 13.4 Å². The molecule has 0 aliphatic carbocycles. The summed E-state index contributed by atoms with van der Waals surface area (Å²) in [6, 6.07) is 4.25. The molecule has 1 aliphatic rings. The van der Waals surface area contributed by atoms with E-state index < -0.39 is 9.84 Å². The van der Waals surface area contributed by atoms with Crippen LogP contribution < -0.4 is 5.32 Å². The van der Waals surface area contributed by atoms with Gasteiger partial charge in [-0.15, -0.1) is 0 Å². The largest absolute Gasteiger partial charge is 0.341 e. The molecule has 6 heteroatoms. The van der Waals surface area contributed by atoms with Crippen LogP contribution in [0.25, 0.3) is 11.0 Å². The van der Waals surface area contributed by atoms with Crippen LogP contribution in [0.4, 0.5) is 0 Å². The first-order chi connectivity index (χ1) is 9.43. The second-order valence-electron chi connectivity index (χ2n) is 5.64. The van der Waals surface area contributed by atoms with Crippen molar-refractivity contribution in [3.63, 3.8) is 0 Å². The molecule has 1 aliphatic heterocycles. The van der Waals surface area contributed by atoms with Crippen LogP contribution in [0, 0.1) is 13.8 Å². The highest BCUT2D eigenvalue weighted by Gasteiger charge is 2.27. The number of aromatic amines is 1. The maximum atomic E-state index is 11.4. The third-order valence-corrected chi connectivity index (χ3v) is 5.53. The zero-order chi connectivity index (χ0) is 14.3. The van der Waals surface area contributed by atoms with E-state index in [9.17, 15) is 8.42 Å². The van der Waals surface area contributed by atoms with Crippen molar-refractivity contribution in [1.82, 2.24) is 15.3 Å². The van der Waals surface area contributed by atoms with E-state index in [1.165, 1.54) is 5.56 Å². The van der Waals surface area contributed by atoms with Crippen LogP contribution in [0.5, 0.6) is 0 Å². The van der Waals surface area contributed by atoms with Crippen LogP contribution in [0.3, 0.4) is 0 Å². The highest BCUT2D eigenvalue weighted by Crippen LogP contribution is 2.18. The van der Waals surface area contributed by atoms with Gasteiger partial charge in [-0.3, -0.25) is 0 Å². The summed E-state index contributed by atoms with van der Waals surface area (Å²) in [5, 5.41) is 3.28. The standard InChI is InChI=1S/C14H19N3O2S/c1-9-5-10(2)14-12(6-9)16-13(17-14)7-15-11-3-4-20(18,19)8-11/h5-6,11,15H,3-4,7-8H2,1-2H3,(H,16,17). The van der Waals surface area contributed by atoms with E-state index in [2.05, 4.69) is 41.3 Å². The second kappa shape index (κ2) is 4.86. The quantitative estimate of drug-likeness (QED) is 0.898. The first-order valence-electron chi connectivity index (χ1n) is 6.82. The molecule has 1 unspecified atom stereocenters. The topological polar surface area (TPSA) is 74.8 Å². The van der Waals surface area contributed by atoms with Crippen LogP contribution in [0.1, 0.15) is 23.4 Å². The molecular formula is C14H19N3O2S. The number of sulfone groups is 1. The van der Waals surface area contributed by atoms with Crippen molar-refractivity contribution < 1.29 is 8.42 Å². The van der Waals surface area contributed by atoms with Gasteiger partial charge in [-0.1, -0.05) is 6.07 Å². The molecule has 0 saturated carbocycles. The van der Waals surface area contributed by atoms with Gasteiger partial charge < -0.3 is 10.3 Å². The number of rotatable bonds is 3. The van der Waals surface area contributed by atoms with Gasteiger partial charge in [0, 0.05) is 6.04 Å². The number of aryl methyl sites for hydroxylation is 2. The summed E-state index contributed by atoms with van der Waals surface area (Å²) in [5.41, 5.74) is 4.40. The molecule has 3 rings (SSSR count). The molecular weight excluding hydrogens is 274 g/mol. The average Bonchev–Trinajstić information content (AvgIpc) is 2.90. The lowest BCUT2D eigenvalue weighted by atomic mass is 10.1. The van der Waals surface area contributed by atoms with Crippen LogP contribution in [0.15, 0.2) is 12.1 Å².